The second-order valence-corrected chi connectivity index (χ2v) is 2.55. The maximum absolute atomic E-state index is 10.1. The Morgan fingerprint density at radius 2 is 0.933 bits per heavy atom. The molecule has 0 fully saturated rings. The van der Waals surface area contributed by atoms with E-state index in [0.717, 1.165) is 0 Å². The zero-order valence-electron chi connectivity index (χ0n) is 7.11. The SMILES string of the molecule is O=C(O)[C@@H](O)[C@H](O)[C@H](O)[C@@H](O)C(=O)O.[Cu]. The predicted molar refractivity (Wildman–Crippen MR) is 39.3 cm³/mol. The van der Waals surface area contributed by atoms with Crippen LogP contribution in [0.4, 0.5) is 0 Å². The summed E-state index contributed by atoms with van der Waals surface area (Å²) in [4.78, 5) is 20.2. The second-order valence-electron chi connectivity index (χ2n) is 2.55. The zero-order valence-corrected chi connectivity index (χ0v) is 8.05. The van der Waals surface area contributed by atoms with Crippen LogP contribution in [-0.2, 0) is 26.7 Å². The van der Waals surface area contributed by atoms with E-state index in [1.807, 2.05) is 0 Å². The van der Waals surface area contributed by atoms with Crippen LogP contribution in [0.1, 0.15) is 0 Å². The average Bonchev–Trinajstić information content (AvgIpc) is 2.12. The van der Waals surface area contributed by atoms with Crippen LogP contribution in [0.5, 0.6) is 0 Å². The van der Waals surface area contributed by atoms with Crippen molar-refractivity contribution < 1.29 is 57.3 Å². The molecule has 0 spiro atoms. The number of aliphatic hydroxyl groups is 4. The zero-order chi connectivity index (χ0) is 11.5. The summed E-state index contributed by atoms with van der Waals surface area (Å²) in [6.45, 7) is 0. The summed E-state index contributed by atoms with van der Waals surface area (Å²) in [6, 6.07) is 0. The summed E-state index contributed by atoms with van der Waals surface area (Å²) in [5.74, 6) is -3.68. The first-order valence-corrected chi connectivity index (χ1v) is 3.47. The molecule has 0 heterocycles. The van der Waals surface area contributed by atoms with Gasteiger partial charge in [0.1, 0.15) is 12.2 Å². The second kappa shape index (κ2) is 6.72. The van der Waals surface area contributed by atoms with Gasteiger partial charge < -0.3 is 30.6 Å². The van der Waals surface area contributed by atoms with Gasteiger partial charge in [0.2, 0.25) is 0 Å². The Morgan fingerprint density at radius 3 is 1.07 bits per heavy atom. The Morgan fingerprint density at radius 1 is 0.733 bits per heavy atom. The van der Waals surface area contributed by atoms with Crippen LogP contribution in [0.15, 0.2) is 0 Å². The van der Waals surface area contributed by atoms with Crippen molar-refractivity contribution in [2.45, 2.75) is 24.4 Å². The molecule has 0 saturated heterocycles. The van der Waals surface area contributed by atoms with E-state index in [1.54, 1.807) is 0 Å². The maximum atomic E-state index is 10.1. The molecule has 8 nitrogen and oxygen atoms in total. The first-order chi connectivity index (χ1) is 6.29. The third-order valence-corrected chi connectivity index (χ3v) is 1.50. The molecule has 0 aliphatic carbocycles. The monoisotopic (exact) mass is 273 g/mol. The summed E-state index contributed by atoms with van der Waals surface area (Å²) in [6.07, 6.45) is -9.28. The first-order valence-electron chi connectivity index (χ1n) is 3.47. The van der Waals surface area contributed by atoms with Gasteiger partial charge >= 0.3 is 11.9 Å². The Labute approximate surface area is 94.2 Å². The molecule has 0 aromatic carbocycles. The van der Waals surface area contributed by atoms with Gasteiger partial charge in [-0.1, -0.05) is 0 Å². The van der Waals surface area contributed by atoms with E-state index in [1.165, 1.54) is 0 Å². The largest absolute Gasteiger partial charge is 0.479 e. The van der Waals surface area contributed by atoms with Crippen LogP contribution in [-0.4, -0.2) is 67.0 Å². The Bertz CT molecular complexity index is 207. The number of carbonyl (C=O) groups is 2. The molecule has 0 amide bonds. The molecule has 0 unspecified atom stereocenters. The molecule has 0 bridgehead atoms. The van der Waals surface area contributed by atoms with Gasteiger partial charge in [0.15, 0.2) is 12.2 Å². The smallest absolute Gasteiger partial charge is 0.335 e. The summed E-state index contributed by atoms with van der Waals surface area (Å²) >= 11 is 0. The predicted octanol–water partition coefficient (Wildman–Crippen LogP) is -3.40. The van der Waals surface area contributed by atoms with E-state index in [0.29, 0.717) is 0 Å². The van der Waals surface area contributed by atoms with Crippen molar-refractivity contribution in [3.63, 3.8) is 0 Å². The fourth-order valence-corrected chi connectivity index (χ4v) is 0.666. The van der Waals surface area contributed by atoms with E-state index in [9.17, 15) is 9.59 Å². The average molecular weight is 274 g/mol. The van der Waals surface area contributed by atoms with Crippen molar-refractivity contribution in [3.8, 4) is 0 Å². The van der Waals surface area contributed by atoms with E-state index >= 15 is 0 Å². The van der Waals surface area contributed by atoms with E-state index < -0.39 is 36.4 Å². The molecule has 1 radical (unpaired) electrons. The molecule has 4 atom stereocenters. The Kier molecular flexibility index (Phi) is 7.49. The van der Waals surface area contributed by atoms with Crippen molar-refractivity contribution in [3.05, 3.63) is 0 Å². The van der Waals surface area contributed by atoms with Gasteiger partial charge in [-0.15, -0.1) is 0 Å². The number of aliphatic hydroxyl groups excluding tert-OH is 4. The van der Waals surface area contributed by atoms with Crippen molar-refractivity contribution >= 4 is 11.9 Å². The summed E-state index contributed by atoms with van der Waals surface area (Å²) in [5, 5.41) is 51.5. The Hall–Kier alpha value is -0.701. The van der Waals surface area contributed by atoms with Gasteiger partial charge in [0.25, 0.3) is 0 Å². The summed E-state index contributed by atoms with van der Waals surface area (Å²) in [7, 11) is 0. The molecule has 93 valence electrons. The quantitative estimate of drug-likeness (QED) is 0.283. The van der Waals surface area contributed by atoms with Gasteiger partial charge in [-0.05, 0) is 0 Å². The van der Waals surface area contributed by atoms with Crippen LogP contribution in [0.2, 0.25) is 0 Å². The minimum atomic E-state index is -2.36. The molecule has 0 aliphatic heterocycles. The van der Waals surface area contributed by atoms with E-state index in [2.05, 4.69) is 0 Å². The minimum absolute atomic E-state index is 0. The van der Waals surface area contributed by atoms with Crippen molar-refractivity contribution in [2.75, 3.05) is 0 Å². The third-order valence-electron chi connectivity index (χ3n) is 1.50. The van der Waals surface area contributed by atoms with E-state index in [-0.39, 0.29) is 17.1 Å². The fourth-order valence-electron chi connectivity index (χ4n) is 0.666. The molecule has 0 aromatic heterocycles. The van der Waals surface area contributed by atoms with Crippen molar-refractivity contribution in [1.82, 2.24) is 0 Å². The number of rotatable bonds is 5. The van der Waals surface area contributed by atoms with Gasteiger partial charge in [-0.3, -0.25) is 0 Å². The Balaban J connectivity index is 0. The summed E-state index contributed by atoms with van der Waals surface area (Å²) in [5.41, 5.74) is 0. The molecule has 0 rings (SSSR count). The van der Waals surface area contributed by atoms with Crippen LogP contribution in [0.25, 0.3) is 0 Å². The standard InChI is InChI=1S/C6H10O8.Cu/c7-1(3(9)5(11)12)2(8)4(10)6(13)14;/h1-4,7-10H,(H,11,12)(H,13,14);/t1-,2+,3+,4-;. The number of carboxylic acids is 2. The number of carboxylic acid groups (broad SMARTS) is 2. The number of hydrogen-bond acceptors (Lipinski definition) is 6. The van der Waals surface area contributed by atoms with E-state index in [4.69, 9.17) is 30.6 Å². The van der Waals surface area contributed by atoms with Crippen molar-refractivity contribution in [1.29, 1.82) is 0 Å². The molecule has 9 heteroatoms. The molecular weight excluding hydrogens is 264 g/mol. The van der Waals surface area contributed by atoms with Gasteiger partial charge in [-0.25, -0.2) is 9.59 Å². The molecule has 6 N–H and O–H groups in total. The maximum Gasteiger partial charge on any atom is 0.335 e. The van der Waals surface area contributed by atoms with Crippen LogP contribution in [0, 0.1) is 0 Å². The van der Waals surface area contributed by atoms with Gasteiger partial charge in [0, 0.05) is 17.1 Å². The number of aliphatic carboxylic acids is 2. The molecular formula is C6H10CuO8. The van der Waals surface area contributed by atoms with Crippen molar-refractivity contribution in [2.24, 2.45) is 0 Å². The van der Waals surface area contributed by atoms with Crippen LogP contribution < -0.4 is 0 Å². The first kappa shape index (κ1) is 16.7. The normalized spacial score (nSPS) is 18.1. The molecule has 0 saturated carbocycles. The molecule has 0 aromatic rings. The topological polar surface area (TPSA) is 156 Å². The van der Waals surface area contributed by atoms with Crippen LogP contribution in [0.3, 0.4) is 0 Å². The minimum Gasteiger partial charge on any atom is -0.479 e. The molecule has 15 heavy (non-hydrogen) atoms. The number of hydrogen-bond donors (Lipinski definition) is 6. The fraction of sp³-hybridized carbons (Fsp3) is 0.667. The molecule has 0 aliphatic rings. The van der Waals surface area contributed by atoms with Crippen LogP contribution >= 0.6 is 0 Å². The van der Waals surface area contributed by atoms with Gasteiger partial charge in [-0.2, -0.15) is 0 Å². The van der Waals surface area contributed by atoms with Gasteiger partial charge in [0.05, 0.1) is 0 Å². The third kappa shape index (κ3) is 4.56. The summed E-state index contributed by atoms with van der Waals surface area (Å²) < 4.78 is 0.